The van der Waals surface area contributed by atoms with Crippen LogP contribution in [0, 0.1) is 0 Å². The molecule has 3 nitrogen and oxygen atoms in total. The number of aliphatic carboxylic acids is 1. The van der Waals surface area contributed by atoms with Gasteiger partial charge < -0.3 is 9.84 Å². The fraction of sp³-hybridized carbons (Fsp3) is 0.250. The van der Waals surface area contributed by atoms with Crippen LogP contribution < -0.4 is 4.74 Å². The first kappa shape index (κ1) is 16.8. The first-order chi connectivity index (χ1) is 10.9. The van der Waals surface area contributed by atoms with Gasteiger partial charge in [-0.2, -0.15) is 0 Å². The molecule has 3 heteroatoms. The number of rotatable bonds is 7. The monoisotopic (exact) mass is 310 g/mol. The van der Waals surface area contributed by atoms with Crippen LogP contribution in [0.4, 0.5) is 0 Å². The van der Waals surface area contributed by atoms with Crippen molar-refractivity contribution >= 4 is 5.97 Å². The Morgan fingerprint density at radius 1 is 1.04 bits per heavy atom. The summed E-state index contributed by atoms with van der Waals surface area (Å²) in [5, 5.41) is 8.76. The molecule has 23 heavy (non-hydrogen) atoms. The fourth-order valence-corrected chi connectivity index (χ4v) is 2.39. The second-order valence-corrected chi connectivity index (χ2v) is 6.02. The molecule has 0 aliphatic carbocycles. The lowest BCUT2D eigenvalue weighted by Gasteiger charge is -2.26. The van der Waals surface area contributed by atoms with E-state index in [-0.39, 0.29) is 11.0 Å². The molecule has 0 amide bonds. The Hall–Kier alpha value is -2.55. The Labute approximate surface area is 137 Å². The third kappa shape index (κ3) is 4.22. The van der Waals surface area contributed by atoms with Gasteiger partial charge in [0.05, 0.1) is 6.61 Å². The van der Waals surface area contributed by atoms with E-state index in [9.17, 15) is 4.79 Å². The summed E-state index contributed by atoms with van der Waals surface area (Å²) in [6, 6.07) is 18.3. The van der Waals surface area contributed by atoms with Crippen LogP contribution in [0.3, 0.4) is 0 Å². The van der Waals surface area contributed by atoms with E-state index in [1.54, 1.807) is 0 Å². The van der Waals surface area contributed by atoms with Gasteiger partial charge >= 0.3 is 5.97 Å². The van der Waals surface area contributed by atoms with Gasteiger partial charge in [0.15, 0.2) is 0 Å². The topological polar surface area (TPSA) is 46.5 Å². The minimum absolute atomic E-state index is 0.0859. The van der Waals surface area contributed by atoms with Crippen molar-refractivity contribution in [2.45, 2.75) is 25.7 Å². The predicted molar refractivity (Wildman–Crippen MR) is 91.9 cm³/mol. The fourth-order valence-electron chi connectivity index (χ4n) is 2.39. The summed E-state index contributed by atoms with van der Waals surface area (Å²) in [6.45, 7) is 8.18. The maximum atomic E-state index is 10.7. The standard InChI is InChI=1S/C20H22O3/c1-15(19(21)22)13-14-23-18-11-9-17(10-12-18)20(2,3)16-7-5-4-6-8-16/h4-12H,1,13-14H2,2-3H3,(H,21,22). The van der Waals surface area contributed by atoms with Gasteiger partial charge in [-0.3, -0.25) is 0 Å². The molecule has 0 atom stereocenters. The molecule has 0 heterocycles. The molecule has 1 N–H and O–H groups in total. The van der Waals surface area contributed by atoms with E-state index in [2.05, 4.69) is 32.6 Å². The van der Waals surface area contributed by atoms with Crippen molar-refractivity contribution in [2.75, 3.05) is 6.61 Å². The van der Waals surface area contributed by atoms with Crippen molar-refractivity contribution in [3.8, 4) is 5.75 Å². The largest absolute Gasteiger partial charge is 0.493 e. The van der Waals surface area contributed by atoms with Gasteiger partial charge in [0.1, 0.15) is 5.75 Å². The lowest BCUT2D eigenvalue weighted by Crippen LogP contribution is -2.18. The minimum atomic E-state index is -0.978. The van der Waals surface area contributed by atoms with E-state index in [4.69, 9.17) is 9.84 Å². The molecule has 0 bridgehead atoms. The third-order valence-corrected chi connectivity index (χ3v) is 4.05. The van der Waals surface area contributed by atoms with Gasteiger partial charge in [-0.15, -0.1) is 0 Å². The maximum absolute atomic E-state index is 10.7. The number of ether oxygens (including phenoxy) is 1. The molecule has 0 aromatic heterocycles. The molecule has 2 aromatic rings. The zero-order valence-corrected chi connectivity index (χ0v) is 13.6. The summed E-state index contributed by atoms with van der Waals surface area (Å²) in [5.41, 5.74) is 2.53. The zero-order valence-electron chi connectivity index (χ0n) is 13.6. The Morgan fingerprint density at radius 3 is 2.17 bits per heavy atom. The van der Waals surface area contributed by atoms with Crippen molar-refractivity contribution in [3.63, 3.8) is 0 Å². The van der Waals surface area contributed by atoms with Gasteiger partial charge in [0.25, 0.3) is 0 Å². The molecule has 0 aliphatic rings. The molecular weight excluding hydrogens is 288 g/mol. The molecule has 0 radical (unpaired) electrons. The number of carboxylic acid groups (broad SMARTS) is 1. The minimum Gasteiger partial charge on any atom is -0.493 e. The average Bonchev–Trinajstić information content (AvgIpc) is 2.56. The number of carbonyl (C=O) groups is 1. The van der Waals surface area contributed by atoms with Crippen LogP contribution in [0.1, 0.15) is 31.4 Å². The summed E-state index contributed by atoms with van der Waals surface area (Å²) in [6.07, 6.45) is 0.312. The Morgan fingerprint density at radius 2 is 1.61 bits per heavy atom. The predicted octanol–water partition coefficient (Wildman–Crippen LogP) is 4.42. The highest BCUT2D eigenvalue weighted by molar-refractivity contribution is 5.85. The van der Waals surface area contributed by atoms with Gasteiger partial charge in [-0.1, -0.05) is 62.9 Å². The molecule has 0 spiro atoms. The molecule has 2 aromatic carbocycles. The summed E-state index contributed by atoms with van der Waals surface area (Å²) in [7, 11) is 0. The summed E-state index contributed by atoms with van der Waals surface area (Å²) in [5.74, 6) is -0.246. The smallest absolute Gasteiger partial charge is 0.331 e. The first-order valence-electron chi connectivity index (χ1n) is 7.61. The number of benzene rings is 2. The third-order valence-electron chi connectivity index (χ3n) is 4.05. The van der Waals surface area contributed by atoms with E-state index >= 15 is 0 Å². The SMILES string of the molecule is C=C(CCOc1ccc(C(C)(C)c2ccccc2)cc1)C(=O)O. The maximum Gasteiger partial charge on any atom is 0.331 e. The van der Waals surface area contributed by atoms with Gasteiger partial charge in [0.2, 0.25) is 0 Å². The van der Waals surface area contributed by atoms with E-state index in [1.165, 1.54) is 11.1 Å². The highest BCUT2D eigenvalue weighted by Gasteiger charge is 2.22. The van der Waals surface area contributed by atoms with Crippen molar-refractivity contribution < 1.29 is 14.6 Å². The molecule has 0 fully saturated rings. The van der Waals surface area contributed by atoms with Crippen molar-refractivity contribution in [1.82, 2.24) is 0 Å². The van der Waals surface area contributed by atoms with Crippen LogP contribution in [0.15, 0.2) is 66.7 Å². The Balaban J connectivity index is 2.02. The summed E-state index contributed by atoms with van der Waals surface area (Å²) >= 11 is 0. The van der Waals surface area contributed by atoms with Crippen molar-refractivity contribution in [3.05, 3.63) is 77.9 Å². The lowest BCUT2D eigenvalue weighted by atomic mass is 9.78. The van der Waals surface area contributed by atoms with Crippen LogP contribution in [0.25, 0.3) is 0 Å². The van der Waals surface area contributed by atoms with Crippen LogP contribution in [-0.2, 0) is 10.2 Å². The van der Waals surface area contributed by atoms with E-state index in [1.807, 2.05) is 42.5 Å². The number of hydrogen-bond donors (Lipinski definition) is 1. The highest BCUT2D eigenvalue weighted by Crippen LogP contribution is 2.32. The van der Waals surface area contributed by atoms with Crippen molar-refractivity contribution in [1.29, 1.82) is 0 Å². The average molecular weight is 310 g/mol. The molecular formula is C20H22O3. The Kier molecular flexibility index (Phi) is 5.22. The van der Waals surface area contributed by atoms with Crippen molar-refractivity contribution in [2.24, 2.45) is 0 Å². The number of carboxylic acids is 1. The normalized spacial score (nSPS) is 11.0. The van der Waals surface area contributed by atoms with Crippen LogP contribution in [0.2, 0.25) is 0 Å². The quantitative estimate of drug-likeness (QED) is 0.770. The second-order valence-electron chi connectivity index (χ2n) is 6.02. The summed E-state index contributed by atoms with van der Waals surface area (Å²) in [4.78, 5) is 10.7. The number of hydrogen-bond acceptors (Lipinski definition) is 2. The van der Waals surface area contributed by atoms with Crippen LogP contribution >= 0.6 is 0 Å². The van der Waals surface area contributed by atoms with E-state index in [0.29, 0.717) is 13.0 Å². The first-order valence-corrected chi connectivity index (χ1v) is 7.61. The van der Waals surface area contributed by atoms with Gasteiger partial charge in [-0.25, -0.2) is 4.79 Å². The van der Waals surface area contributed by atoms with Gasteiger partial charge in [-0.05, 0) is 23.3 Å². The summed E-state index contributed by atoms with van der Waals surface area (Å²) < 4.78 is 5.58. The van der Waals surface area contributed by atoms with E-state index in [0.717, 1.165) is 5.75 Å². The molecule has 2 rings (SSSR count). The van der Waals surface area contributed by atoms with E-state index < -0.39 is 5.97 Å². The van der Waals surface area contributed by atoms with Gasteiger partial charge in [0, 0.05) is 17.4 Å². The zero-order chi connectivity index (χ0) is 16.9. The molecule has 0 unspecified atom stereocenters. The van der Waals surface area contributed by atoms with Crippen LogP contribution in [0.5, 0.6) is 5.75 Å². The lowest BCUT2D eigenvalue weighted by molar-refractivity contribution is -0.132. The molecule has 0 saturated carbocycles. The molecule has 0 aliphatic heterocycles. The molecule has 0 saturated heterocycles. The second kappa shape index (κ2) is 7.14. The van der Waals surface area contributed by atoms with Crippen LogP contribution in [-0.4, -0.2) is 17.7 Å². The Bertz CT molecular complexity index is 670. The highest BCUT2D eigenvalue weighted by atomic mass is 16.5. The molecule has 120 valence electrons.